The molecule has 28 heavy (non-hydrogen) atoms. The molecule has 2 amide bonds. The molecule has 2 heterocycles. The molecule has 1 aliphatic carbocycles. The number of thioether (sulfide) groups is 1. The lowest BCUT2D eigenvalue weighted by molar-refractivity contribution is -0.145. The van der Waals surface area contributed by atoms with E-state index >= 15 is 0 Å². The van der Waals surface area contributed by atoms with E-state index in [1.807, 2.05) is 46.2 Å². The molecule has 144 valence electrons. The summed E-state index contributed by atoms with van der Waals surface area (Å²) in [6.45, 7) is 3.27. The molecule has 4 nitrogen and oxygen atoms in total. The van der Waals surface area contributed by atoms with Gasteiger partial charge in [0.1, 0.15) is 0 Å². The quantitative estimate of drug-likeness (QED) is 0.791. The minimum Gasteiger partial charge on any atom is -0.315 e. The fraction of sp³-hybridized carbons (Fsp3) is 0.391. The van der Waals surface area contributed by atoms with Crippen LogP contribution in [0.2, 0.25) is 0 Å². The van der Waals surface area contributed by atoms with Gasteiger partial charge in [0.05, 0.1) is 12.2 Å². The van der Waals surface area contributed by atoms with Crippen LogP contribution in [0.3, 0.4) is 0 Å². The maximum absolute atomic E-state index is 13.9. The van der Waals surface area contributed by atoms with Crippen molar-refractivity contribution in [1.29, 1.82) is 0 Å². The summed E-state index contributed by atoms with van der Waals surface area (Å²) in [5.41, 5.74) is 4.23. The van der Waals surface area contributed by atoms with E-state index in [4.69, 9.17) is 0 Å². The van der Waals surface area contributed by atoms with Crippen molar-refractivity contribution < 1.29 is 9.59 Å². The summed E-state index contributed by atoms with van der Waals surface area (Å²) in [5, 5.41) is 0. The molecule has 5 heteroatoms. The summed E-state index contributed by atoms with van der Waals surface area (Å²) in [5.74, 6) is 1.10. The number of amides is 2. The number of aryl methyl sites for hydroxylation is 1. The highest BCUT2D eigenvalue weighted by molar-refractivity contribution is 8.01. The van der Waals surface area contributed by atoms with Gasteiger partial charge in [-0.15, -0.1) is 11.8 Å². The van der Waals surface area contributed by atoms with Gasteiger partial charge < -0.3 is 9.80 Å². The molecule has 1 saturated carbocycles. The average molecular weight is 393 g/mol. The highest BCUT2D eigenvalue weighted by Gasteiger charge is 2.60. The van der Waals surface area contributed by atoms with Crippen LogP contribution in [0.25, 0.3) is 0 Å². The van der Waals surface area contributed by atoms with Crippen LogP contribution in [-0.2, 0) is 21.0 Å². The molecule has 0 aromatic heterocycles. The van der Waals surface area contributed by atoms with Crippen molar-refractivity contribution in [2.75, 3.05) is 17.2 Å². The second kappa shape index (κ2) is 6.66. The number of carbonyl (C=O) groups is 2. The third kappa shape index (κ3) is 2.45. The Balaban J connectivity index is 1.57. The van der Waals surface area contributed by atoms with Crippen LogP contribution in [0.15, 0.2) is 48.5 Å². The molecule has 0 unspecified atom stereocenters. The Morgan fingerprint density at radius 1 is 1.14 bits per heavy atom. The Morgan fingerprint density at radius 2 is 1.89 bits per heavy atom. The van der Waals surface area contributed by atoms with Gasteiger partial charge in [0.2, 0.25) is 5.91 Å². The number of hydrogen-bond acceptors (Lipinski definition) is 3. The first-order valence-electron chi connectivity index (χ1n) is 10.0. The van der Waals surface area contributed by atoms with Crippen LogP contribution in [0.5, 0.6) is 0 Å². The molecule has 3 aliphatic rings. The van der Waals surface area contributed by atoms with Crippen molar-refractivity contribution in [1.82, 2.24) is 4.90 Å². The van der Waals surface area contributed by atoms with E-state index in [0.717, 1.165) is 41.8 Å². The van der Waals surface area contributed by atoms with Gasteiger partial charge in [0, 0.05) is 23.8 Å². The molecule has 0 bridgehead atoms. The molecule has 5 rings (SSSR count). The second-order valence-electron chi connectivity index (χ2n) is 7.95. The number of fused-ring (bicyclic) bond motifs is 2. The van der Waals surface area contributed by atoms with Gasteiger partial charge in [-0.2, -0.15) is 0 Å². The molecular formula is C23H24N2O2S. The molecule has 1 atom stereocenters. The molecule has 2 fully saturated rings. The SMILES string of the molecule is Cc1ccccc1CN1C(=O)[C@@]2(SCCN2C(=O)C2CCC2)c2ccccc21. The first kappa shape index (κ1) is 17.8. The number of benzene rings is 2. The van der Waals surface area contributed by atoms with Crippen molar-refractivity contribution in [2.24, 2.45) is 5.92 Å². The third-order valence-corrected chi connectivity index (χ3v) is 7.83. The van der Waals surface area contributed by atoms with Gasteiger partial charge in [-0.1, -0.05) is 48.9 Å². The molecule has 0 N–H and O–H groups in total. The van der Waals surface area contributed by atoms with E-state index in [1.165, 1.54) is 5.56 Å². The fourth-order valence-corrected chi connectivity index (χ4v) is 6.05. The zero-order chi connectivity index (χ0) is 19.3. The number of rotatable bonds is 3. The van der Waals surface area contributed by atoms with Crippen molar-refractivity contribution in [3.05, 3.63) is 65.2 Å². The lowest BCUT2D eigenvalue weighted by atomic mass is 9.84. The van der Waals surface area contributed by atoms with Crippen molar-refractivity contribution >= 4 is 29.3 Å². The maximum atomic E-state index is 13.9. The van der Waals surface area contributed by atoms with Gasteiger partial charge in [-0.25, -0.2) is 0 Å². The third-order valence-electron chi connectivity index (χ3n) is 6.41. The fourth-order valence-electron chi connectivity index (χ4n) is 4.58. The Kier molecular flexibility index (Phi) is 4.23. The van der Waals surface area contributed by atoms with E-state index < -0.39 is 4.87 Å². The lowest BCUT2D eigenvalue weighted by Gasteiger charge is -2.37. The minimum atomic E-state index is -0.883. The second-order valence-corrected chi connectivity index (χ2v) is 9.23. The molecule has 2 aromatic rings. The first-order chi connectivity index (χ1) is 13.6. The first-order valence-corrected chi connectivity index (χ1v) is 11.0. The van der Waals surface area contributed by atoms with E-state index in [9.17, 15) is 9.59 Å². The van der Waals surface area contributed by atoms with Crippen LogP contribution < -0.4 is 4.90 Å². The van der Waals surface area contributed by atoms with E-state index in [-0.39, 0.29) is 17.7 Å². The summed E-state index contributed by atoms with van der Waals surface area (Å²) in [6, 6.07) is 16.2. The summed E-state index contributed by atoms with van der Waals surface area (Å²) >= 11 is 1.62. The normalized spacial score (nSPS) is 24.0. The van der Waals surface area contributed by atoms with Crippen LogP contribution in [0.1, 0.15) is 36.0 Å². The van der Waals surface area contributed by atoms with Gasteiger partial charge in [-0.3, -0.25) is 9.59 Å². The summed E-state index contributed by atoms with van der Waals surface area (Å²) in [7, 11) is 0. The van der Waals surface area contributed by atoms with Gasteiger partial charge in [0.15, 0.2) is 4.87 Å². The van der Waals surface area contributed by atoms with Crippen LogP contribution >= 0.6 is 11.8 Å². The average Bonchev–Trinajstić information content (AvgIpc) is 3.20. The molecule has 1 spiro atoms. The van der Waals surface area contributed by atoms with Crippen LogP contribution in [0, 0.1) is 12.8 Å². The topological polar surface area (TPSA) is 40.6 Å². The predicted molar refractivity (Wildman–Crippen MR) is 112 cm³/mol. The number of carbonyl (C=O) groups excluding carboxylic acids is 2. The highest BCUT2D eigenvalue weighted by Crippen LogP contribution is 2.55. The molecular weight excluding hydrogens is 368 g/mol. The van der Waals surface area contributed by atoms with Gasteiger partial charge in [0.25, 0.3) is 5.91 Å². The molecule has 2 aliphatic heterocycles. The zero-order valence-electron chi connectivity index (χ0n) is 16.1. The van der Waals surface area contributed by atoms with Crippen molar-refractivity contribution in [3.8, 4) is 0 Å². The number of hydrogen-bond donors (Lipinski definition) is 0. The van der Waals surface area contributed by atoms with Crippen molar-refractivity contribution in [3.63, 3.8) is 0 Å². The van der Waals surface area contributed by atoms with E-state index in [2.05, 4.69) is 19.1 Å². The predicted octanol–water partition coefficient (Wildman–Crippen LogP) is 4.07. The Hall–Kier alpha value is -2.27. The van der Waals surface area contributed by atoms with Crippen molar-refractivity contribution in [2.45, 2.75) is 37.6 Å². The molecule has 1 saturated heterocycles. The smallest absolute Gasteiger partial charge is 0.268 e. The Bertz CT molecular complexity index is 955. The lowest BCUT2D eigenvalue weighted by Crippen LogP contribution is -2.52. The van der Waals surface area contributed by atoms with E-state index in [0.29, 0.717) is 13.1 Å². The maximum Gasteiger partial charge on any atom is 0.268 e. The van der Waals surface area contributed by atoms with Crippen LogP contribution in [-0.4, -0.2) is 29.0 Å². The molecule has 2 aromatic carbocycles. The zero-order valence-corrected chi connectivity index (χ0v) is 16.9. The Labute approximate surface area is 169 Å². The van der Waals surface area contributed by atoms with Gasteiger partial charge >= 0.3 is 0 Å². The standard InChI is InChI=1S/C23H24N2O2S/c1-16-7-2-3-8-18(16)15-24-20-12-5-4-11-19(20)23(22(24)27)25(13-14-28-23)21(26)17-9-6-10-17/h2-5,7-8,11-12,17H,6,9-10,13-15H2,1H3/t23-/m0/s1. The van der Waals surface area contributed by atoms with Crippen LogP contribution in [0.4, 0.5) is 5.69 Å². The summed E-state index contributed by atoms with van der Waals surface area (Å²) in [4.78, 5) is 30.0. The summed E-state index contributed by atoms with van der Waals surface area (Å²) < 4.78 is 0. The largest absolute Gasteiger partial charge is 0.315 e. The summed E-state index contributed by atoms with van der Waals surface area (Å²) in [6.07, 6.45) is 3.03. The monoisotopic (exact) mass is 392 g/mol. The highest BCUT2D eigenvalue weighted by atomic mass is 32.2. The molecule has 0 radical (unpaired) electrons. The van der Waals surface area contributed by atoms with Gasteiger partial charge in [-0.05, 0) is 37.0 Å². The minimum absolute atomic E-state index is 0.0344. The Morgan fingerprint density at radius 3 is 2.64 bits per heavy atom. The number of nitrogens with zero attached hydrogens (tertiary/aromatic N) is 2. The number of anilines is 1. The van der Waals surface area contributed by atoms with E-state index in [1.54, 1.807) is 11.8 Å². The number of para-hydroxylation sites is 1.